The molecule has 2 rings (SSSR count). The van der Waals surface area contributed by atoms with Crippen LogP contribution in [0.3, 0.4) is 0 Å². The number of nitrogen functional groups attached to an aromatic ring is 1. The summed E-state index contributed by atoms with van der Waals surface area (Å²) in [6, 6.07) is 17.4. The van der Waals surface area contributed by atoms with E-state index in [1.54, 1.807) is 0 Å². The van der Waals surface area contributed by atoms with E-state index in [1.807, 2.05) is 12.1 Å². The maximum Gasteiger partial charge on any atom is 0.0320 e. The molecule has 0 saturated heterocycles. The van der Waals surface area contributed by atoms with E-state index in [4.69, 9.17) is 5.73 Å². The van der Waals surface area contributed by atoms with Crippen molar-refractivity contribution in [1.29, 1.82) is 0 Å². The Bertz CT molecular complexity index is 528. The van der Waals surface area contributed by atoms with Crippen molar-refractivity contribution in [3.63, 3.8) is 0 Å². The summed E-state index contributed by atoms with van der Waals surface area (Å²) in [5.74, 6) is 0. The lowest BCUT2D eigenvalue weighted by Crippen LogP contribution is -2.21. The van der Waals surface area contributed by atoms with Crippen molar-refractivity contribution in [1.82, 2.24) is 4.90 Å². The molecule has 0 aliphatic heterocycles. The average molecular weight is 268 g/mol. The molecule has 2 aromatic rings. The van der Waals surface area contributed by atoms with Gasteiger partial charge in [0.25, 0.3) is 0 Å². The van der Waals surface area contributed by atoms with Gasteiger partial charge in [-0.2, -0.15) is 0 Å². The Hall–Kier alpha value is -1.80. The summed E-state index contributed by atoms with van der Waals surface area (Å²) >= 11 is 0. The Morgan fingerprint density at radius 1 is 0.950 bits per heavy atom. The molecule has 20 heavy (non-hydrogen) atoms. The summed E-state index contributed by atoms with van der Waals surface area (Å²) in [4.78, 5) is 2.35. The first-order valence-electron chi connectivity index (χ1n) is 7.23. The molecule has 0 spiro atoms. The zero-order valence-corrected chi connectivity index (χ0v) is 12.6. The van der Waals surface area contributed by atoms with E-state index in [2.05, 4.69) is 62.2 Å². The normalized spacial score (nSPS) is 12.6. The zero-order valence-electron chi connectivity index (χ0n) is 12.6. The Labute approximate surface area is 122 Å². The van der Waals surface area contributed by atoms with Crippen LogP contribution in [-0.4, -0.2) is 11.9 Å². The highest BCUT2D eigenvalue weighted by Crippen LogP contribution is 2.21. The average Bonchev–Trinajstić information content (AvgIpc) is 2.48. The second-order valence-electron chi connectivity index (χ2n) is 5.43. The summed E-state index contributed by atoms with van der Waals surface area (Å²) in [6.07, 6.45) is 1.10. The minimum atomic E-state index is 0.376. The molecule has 0 radical (unpaired) electrons. The van der Waals surface area contributed by atoms with Crippen molar-refractivity contribution in [3.8, 4) is 0 Å². The molecule has 0 fully saturated rings. The number of rotatable bonds is 5. The molecule has 0 heterocycles. The van der Waals surface area contributed by atoms with Crippen LogP contribution in [0.25, 0.3) is 0 Å². The third kappa shape index (κ3) is 3.61. The van der Waals surface area contributed by atoms with E-state index in [1.165, 1.54) is 16.7 Å². The van der Waals surface area contributed by atoms with E-state index in [0.29, 0.717) is 6.04 Å². The maximum absolute atomic E-state index is 5.74. The largest absolute Gasteiger partial charge is 0.399 e. The van der Waals surface area contributed by atoms with Crippen molar-refractivity contribution in [2.24, 2.45) is 0 Å². The fourth-order valence-electron chi connectivity index (χ4n) is 2.33. The van der Waals surface area contributed by atoms with Crippen LogP contribution in [0.2, 0.25) is 0 Å². The van der Waals surface area contributed by atoms with Crippen molar-refractivity contribution >= 4 is 5.69 Å². The van der Waals surface area contributed by atoms with Gasteiger partial charge in [-0.15, -0.1) is 0 Å². The highest BCUT2D eigenvalue weighted by molar-refractivity contribution is 5.40. The molecular formula is C18H24N2. The standard InChI is InChI=1S/C18H24N2/c1-4-15-5-7-16(8-6-15)13-20(3)14(2)17-9-11-18(19)12-10-17/h5-12,14H,4,13,19H2,1-3H3. The monoisotopic (exact) mass is 268 g/mol. The molecular weight excluding hydrogens is 244 g/mol. The van der Waals surface area contributed by atoms with Gasteiger partial charge in [-0.3, -0.25) is 4.90 Å². The molecule has 2 aromatic carbocycles. The minimum absolute atomic E-state index is 0.376. The summed E-state index contributed by atoms with van der Waals surface area (Å²) in [5, 5.41) is 0. The van der Waals surface area contributed by atoms with Crippen LogP contribution < -0.4 is 5.73 Å². The number of benzene rings is 2. The van der Waals surface area contributed by atoms with Gasteiger partial charge < -0.3 is 5.73 Å². The molecule has 2 nitrogen and oxygen atoms in total. The van der Waals surface area contributed by atoms with Crippen LogP contribution in [0.15, 0.2) is 48.5 Å². The van der Waals surface area contributed by atoms with Crippen LogP contribution in [0.1, 0.15) is 36.6 Å². The predicted molar refractivity (Wildman–Crippen MR) is 86.6 cm³/mol. The quantitative estimate of drug-likeness (QED) is 0.830. The molecule has 1 atom stereocenters. The maximum atomic E-state index is 5.74. The fraction of sp³-hybridized carbons (Fsp3) is 0.333. The smallest absolute Gasteiger partial charge is 0.0320 e. The number of anilines is 1. The lowest BCUT2D eigenvalue weighted by atomic mass is 10.1. The van der Waals surface area contributed by atoms with Gasteiger partial charge in [0.05, 0.1) is 0 Å². The van der Waals surface area contributed by atoms with Gasteiger partial charge in [0.1, 0.15) is 0 Å². The lowest BCUT2D eigenvalue weighted by molar-refractivity contribution is 0.253. The third-order valence-electron chi connectivity index (χ3n) is 3.94. The number of nitrogens with two attached hydrogens (primary N) is 1. The highest BCUT2D eigenvalue weighted by Gasteiger charge is 2.11. The fourth-order valence-corrected chi connectivity index (χ4v) is 2.33. The summed E-state index contributed by atoms with van der Waals surface area (Å²) in [5.41, 5.74) is 10.6. The van der Waals surface area contributed by atoms with Crippen molar-refractivity contribution in [2.75, 3.05) is 12.8 Å². The topological polar surface area (TPSA) is 29.3 Å². The SMILES string of the molecule is CCc1ccc(CN(C)C(C)c2ccc(N)cc2)cc1. The number of aryl methyl sites for hydroxylation is 1. The van der Waals surface area contributed by atoms with Gasteiger partial charge in [0.15, 0.2) is 0 Å². The third-order valence-corrected chi connectivity index (χ3v) is 3.94. The number of hydrogen-bond donors (Lipinski definition) is 1. The van der Waals surface area contributed by atoms with Gasteiger partial charge in [-0.1, -0.05) is 43.3 Å². The second kappa shape index (κ2) is 6.58. The minimum Gasteiger partial charge on any atom is -0.399 e. The van der Waals surface area contributed by atoms with Crippen molar-refractivity contribution in [3.05, 3.63) is 65.2 Å². The van der Waals surface area contributed by atoms with E-state index in [0.717, 1.165) is 18.7 Å². The summed E-state index contributed by atoms with van der Waals surface area (Å²) in [7, 11) is 2.16. The molecule has 0 amide bonds. The van der Waals surface area contributed by atoms with E-state index in [-0.39, 0.29) is 0 Å². The lowest BCUT2D eigenvalue weighted by Gasteiger charge is -2.25. The highest BCUT2D eigenvalue weighted by atomic mass is 15.1. The zero-order chi connectivity index (χ0) is 14.5. The van der Waals surface area contributed by atoms with Crippen LogP contribution in [-0.2, 0) is 13.0 Å². The molecule has 0 aliphatic rings. The molecule has 2 N–H and O–H groups in total. The first-order chi connectivity index (χ1) is 9.60. The van der Waals surface area contributed by atoms with Gasteiger partial charge in [0, 0.05) is 18.3 Å². The van der Waals surface area contributed by atoms with Gasteiger partial charge >= 0.3 is 0 Å². The molecule has 0 aromatic heterocycles. The van der Waals surface area contributed by atoms with Crippen LogP contribution in [0.4, 0.5) is 5.69 Å². The number of hydrogen-bond acceptors (Lipinski definition) is 2. The van der Waals surface area contributed by atoms with E-state index < -0.39 is 0 Å². The Morgan fingerprint density at radius 2 is 1.50 bits per heavy atom. The second-order valence-corrected chi connectivity index (χ2v) is 5.43. The molecule has 1 unspecified atom stereocenters. The Morgan fingerprint density at radius 3 is 2.05 bits per heavy atom. The summed E-state index contributed by atoms with van der Waals surface area (Å²) < 4.78 is 0. The molecule has 0 bridgehead atoms. The van der Waals surface area contributed by atoms with Gasteiger partial charge in [-0.25, -0.2) is 0 Å². The molecule has 106 valence electrons. The van der Waals surface area contributed by atoms with Crippen molar-refractivity contribution < 1.29 is 0 Å². The van der Waals surface area contributed by atoms with E-state index in [9.17, 15) is 0 Å². The Kier molecular flexibility index (Phi) is 4.80. The van der Waals surface area contributed by atoms with Crippen LogP contribution in [0.5, 0.6) is 0 Å². The number of nitrogens with zero attached hydrogens (tertiary/aromatic N) is 1. The van der Waals surface area contributed by atoms with E-state index >= 15 is 0 Å². The molecule has 0 aliphatic carbocycles. The van der Waals surface area contributed by atoms with Gasteiger partial charge in [-0.05, 0) is 49.2 Å². The van der Waals surface area contributed by atoms with Crippen LogP contribution >= 0.6 is 0 Å². The molecule has 0 saturated carbocycles. The molecule has 2 heteroatoms. The first-order valence-corrected chi connectivity index (χ1v) is 7.23. The van der Waals surface area contributed by atoms with Crippen molar-refractivity contribution in [2.45, 2.75) is 32.9 Å². The first kappa shape index (κ1) is 14.6. The Balaban J connectivity index is 2.02. The van der Waals surface area contributed by atoms with Gasteiger partial charge in [0.2, 0.25) is 0 Å². The van der Waals surface area contributed by atoms with Crippen LogP contribution in [0, 0.1) is 0 Å². The predicted octanol–water partition coefficient (Wildman–Crippen LogP) is 4.02. The summed E-state index contributed by atoms with van der Waals surface area (Å²) in [6.45, 7) is 5.37.